The molecule has 0 saturated carbocycles. The second kappa shape index (κ2) is 6.19. The molecule has 2 aliphatic heterocycles. The Morgan fingerprint density at radius 1 is 1.03 bits per heavy atom. The molecule has 5 rings (SSSR count). The molecule has 2 aliphatic rings. The highest BCUT2D eigenvalue weighted by Gasteiger charge is 2.36. The van der Waals surface area contributed by atoms with Gasteiger partial charge in [-0.15, -0.1) is 0 Å². The third-order valence-electron chi connectivity index (χ3n) is 6.68. The highest BCUT2D eigenvalue weighted by molar-refractivity contribution is 7.91. The molecule has 3 aromatic rings. The van der Waals surface area contributed by atoms with Gasteiger partial charge in [0.15, 0.2) is 0 Å². The van der Waals surface area contributed by atoms with Gasteiger partial charge in [0.25, 0.3) is 0 Å². The summed E-state index contributed by atoms with van der Waals surface area (Å²) >= 11 is 0. The second-order valence-electron chi connectivity index (χ2n) is 9.58. The molecule has 4 nitrogen and oxygen atoms in total. The summed E-state index contributed by atoms with van der Waals surface area (Å²) in [6, 6.07) is 13.9. The van der Waals surface area contributed by atoms with Gasteiger partial charge in [-0.2, -0.15) is 0 Å². The van der Waals surface area contributed by atoms with Crippen LogP contribution in [-0.4, -0.2) is 19.0 Å². The maximum absolute atomic E-state index is 13.5. The summed E-state index contributed by atoms with van der Waals surface area (Å²) < 4.78 is 29.2. The molecule has 2 unspecified atom stereocenters. The normalized spacial score (nSPS) is 21.5. The quantitative estimate of drug-likeness (QED) is 0.671. The van der Waals surface area contributed by atoms with E-state index < -0.39 is 9.84 Å². The average molecular weight is 409 g/mol. The number of sulfone groups is 1. The molecule has 0 radical (unpaired) electrons. The predicted octanol–water partition coefficient (Wildman–Crippen LogP) is 4.66. The first-order valence-corrected chi connectivity index (χ1v) is 11.9. The predicted molar refractivity (Wildman–Crippen MR) is 116 cm³/mol. The van der Waals surface area contributed by atoms with E-state index in [4.69, 9.17) is 0 Å². The van der Waals surface area contributed by atoms with Crippen molar-refractivity contribution in [1.29, 1.82) is 0 Å². The van der Waals surface area contributed by atoms with Crippen molar-refractivity contribution < 1.29 is 8.42 Å². The summed E-state index contributed by atoms with van der Waals surface area (Å²) in [7, 11) is -1.47. The zero-order valence-corrected chi connectivity index (χ0v) is 18.3. The van der Waals surface area contributed by atoms with Crippen LogP contribution in [0, 0.1) is 0 Å². The van der Waals surface area contributed by atoms with E-state index in [1.165, 1.54) is 17.7 Å². The lowest BCUT2D eigenvalue weighted by Gasteiger charge is -2.23. The van der Waals surface area contributed by atoms with Crippen molar-refractivity contribution in [2.75, 3.05) is 0 Å². The molecule has 3 heterocycles. The lowest BCUT2D eigenvalue weighted by molar-refractivity contribution is 0.503. The molecule has 1 fully saturated rings. The van der Waals surface area contributed by atoms with Gasteiger partial charge in [0.1, 0.15) is 0 Å². The van der Waals surface area contributed by atoms with Crippen LogP contribution < -0.4 is 5.32 Å². The third kappa shape index (κ3) is 2.86. The number of hydrogen-bond acceptors (Lipinski definition) is 3. The van der Waals surface area contributed by atoms with Gasteiger partial charge in [0.2, 0.25) is 9.84 Å². The fraction of sp³-hybridized carbons (Fsp3) is 0.417. The maximum Gasteiger partial charge on any atom is 0.206 e. The van der Waals surface area contributed by atoms with Crippen LogP contribution in [0.2, 0.25) is 0 Å². The van der Waals surface area contributed by atoms with Crippen LogP contribution in [-0.2, 0) is 28.7 Å². The summed E-state index contributed by atoms with van der Waals surface area (Å²) in [6.45, 7) is 6.30. The van der Waals surface area contributed by atoms with Crippen molar-refractivity contribution in [3.05, 3.63) is 59.3 Å². The number of aromatic nitrogens is 1. The van der Waals surface area contributed by atoms with E-state index >= 15 is 0 Å². The summed E-state index contributed by atoms with van der Waals surface area (Å²) in [5, 5.41) is 4.78. The van der Waals surface area contributed by atoms with Crippen LogP contribution in [0.3, 0.4) is 0 Å². The minimum atomic E-state index is -3.57. The molecule has 2 aromatic carbocycles. The SMILES string of the molecule is Cn1c2c(c3cc(S(=O)(=O)c4cccc(C(C)(C)C)c4)ccc31)C1CCC(C2)N1. The first-order chi connectivity index (χ1) is 13.7. The Morgan fingerprint density at radius 2 is 1.79 bits per heavy atom. The summed E-state index contributed by atoms with van der Waals surface area (Å²) in [4.78, 5) is 0.748. The fourth-order valence-corrected chi connectivity index (χ4v) is 6.35. The Kier molecular flexibility index (Phi) is 4.03. The molecule has 29 heavy (non-hydrogen) atoms. The summed E-state index contributed by atoms with van der Waals surface area (Å²) in [5.74, 6) is 0. The van der Waals surface area contributed by atoms with Crippen molar-refractivity contribution in [2.24, 2.45) is 7.05 Å². The number of fused-ring (bicyclic) bond motifs is 6. The number of nitrogens with one attached hydrogen (secondary N) is 1. The Hall–Kier alpha value is -2.11. The van der Waals surface area contributed by atoms with Crippen LogP contribution in [0.25, 0.3) is 10.9 Å². The number of aryl methyl sites for hydroxylation is 1. The van der Waals surface area contributed by atoms with Crippen molar-refractivity contribution in [1.82, 2.24) is 9.88 Å². The first-order valence-electron chi connectivity index (χ1n) is 10.4. The zero-order valence-electron chi connectivity index (χ0n) is 17.5. The van der Waals surface area contributed by atoms with E-state index in [0.717, 1.165) is 29.3 Å². The van der Waals surface area contributed by atoms with E-state index in [0.29, 0.717) is 21.9 Å². The topological polar surface area (TPSA) is 51.1 Å². The molecule has 2 bridgehead atoms. The maximum atomic E-state index is 13.5. The van der Waals surface area contributed by atoms with Crippen molar-refractivity contribution >= 4 is 20.7 Å². The number of hydrogen-bond donors (Lipinski definition) is 1. The molecule has 0 spiro atoms. The monoisotopic (exact) mass is 408 g/mol. The van der Waals surface area contributed by atoms with Gasteiger partial charge in [-0.3, -0.25) is 0 Å². The summed E-state index contributed by atoms with van der Waals surface area (Å²) in [6.07, 6.45) is 3.34. The minimum Gasteiger partial charge on any atom is -0.347 e. The molecule has 1 saturated heterocycles. The average Bonchev–Trinajstić information content (AvgIpc) is 3.20. The van der Waals surface area contributed by atoms with Gasteiger partial charge in [-0.1, -0.05) is 32.9 Å². The Labute approximate surface area is 172 Å². The molecule has 2 atom stereocenters. The van der Waals surface area contributed by atoms with Crippen molar-refractivity contribution in [2.45, 2.75) is 67.3 Å². The standard InChI is InChI=1S/C24H28N2O2S/c1-24(2,3)15-6-5-7-17(12-15)29(27,28)18-9-11-21-19(14-18)23-20-10-8-16(25-20)13-22(23)26(21)4/h5-7,9,11-12,14,16,20,25H,8,10,13H2,1-4H3. The smallest absolute Gasteiger partial charge is 0.206 e. The van der Waals surface area contributed by atoms with Gasteiger partial charge in [-0.25, -0.2) is 8.42 Å². The molecule has 0 amide bonds. The molecule has 1 N–H and O–H groups in total. The molecular weight excluding hydrogens is 380 g/mol. The summed E-state index contributed by atoms with van der Waals surface area (Å²) in [5.41, 5.74) is 4.70. The number of rotatable bonds is 2. The van der Waals surface area contributed by atoms with Crippen LogP contribution in [0.1, 0.15) is 56.5 Å². The van der Waals surface area contributed by atoms with Crippen LogP contribution in [0.15, 0.2) is 52.3 Å². The van der Waals surface area contributed by atoms with E-state index in [1.54, 1.807) is 12.1 Å². The number of nitrogens with zero attached hydrogens (tertiary/aromatic N) is 1. The molecular formula is C24H28N2O2S. The van der Waals surface area contributed by atoms with Gasteiger partial charge in [-0.05, 0) is 59.7 Å². The van der Waals surface area contributed by atoms with Crippen molar-refractivity contribution in [3.8, 4) is 0 Å². The Balaban J connectivity index is 1.66. The molecule has 0 aliphatic carbocycles. The van der Waals surface area contributed by atoms with Gasteiger partial charge < -0.3 is 9.88 Å². The van der Waals surface area contributed by atoms with E-state index in [2.05, 4.69) is 37.7 Å². The van der Waals surface area contributed by atoms with Crippen LogP contribution >= 0.6 is 0 Å². The zero-order chi connectivity index (χ0) is 20.6. The van der Waals surface area contributed by atoms with E-state index in [9.17, 15) is 8.42 Å². The fourth-order valence-electron chi connectivity index (χ4n) is 5.01. The highest BCUT2D eigenvalue weighted by atomic mass is 32.2. The molecule has 152 valence electrons. The van der Waals surface area contributed by atoms with Crippen LogP contribution in [0.4, 0.5) is 0 Å². The largest absolute Gasteiger partial charge is 0.347 e. The third-order valence-corrected chi connectivity index (χ3v) is 8.43. The van der Waals surface area contributed by atoms with Crippen molar-refractivity contribution in [3.63, 3.8) is 0 Å². The minimum absolute atomic E-state index is 0.0985. The second-order valence-corrected chi connectivity index (χ2v) is 11.5. The molecule has 1 aromatic heterocycles. The lowest BCUT2D eigenvalue weighted by Crippen LogP contribution is -2.32. The van der Waals surface area contributed by atoms with E-state index in [1.807, 2.05) is 30.3 Å². The van der Waals surface area contributed by atoms with Crippen LogP contribution in [0.5, 0.6) is 0 Å². The van der Waals surface area contributed by atoms with Gasteiger partial charge >= 0.3 is 0 Å². The first kappa shape index (κ1) is 18.9. The Bertz CT molecular complexity index is 1230. The van der Waals surface area contributed by atoms with E-state index in [-0.39, 0.29) is 5.41 Å². The van der Waals surface area contributed by atoms with Gasteiger partial charge in [0.05, 0.1) is 9.79 Å². The number of benzene rings is 2. The lowest BCUT2D eigenvalue weighted by atomic mass is 9.87. The molecule has 5 heteroatoms. The Morgan fingerprint density at radius 3 is 2.55 bits per heavy atom. The van der Waals surface area contributed by atoms with Gasteiger partial charge in [0, 0.05) is 42.1 Å². The highest BCUT2D eigenvalue weighted by Crippen LogP contribution is 2.42.